The van der Waals surface area contributed by atoms with Crippen LogP contribution < -0.4 is 0 Å². The van der Waals surface area contributed by atoms with Crippen LogP contribution in [-0.4, -0.2) is 16.6 Å². The maximum Gasteiger partial charge on any atom is 0.0986 e. The SMILES string of the molecule is Cc1cc([C@]2(O)CCCSC2)ccc1Br. The van der Waals surface area contributed by atoms with Crippen molar-refractivity contribution in [2.75, 3.05) is 11.5 Å². The zero-order chi connectivity index (χ0) is 10.9. The molecule has 0 radical (unpaired) electrons. The molecule has 1 aliphatic rings. The van der Waals surface area contributed by atoms with Crippen LogP contribution in [0.3, 0.4) is 0 Å². The summed E-state index contributed by atoms with van der Waals surface area (Å²) in [6.07, 6.45) is 2.00. The molecule has 1 aromatic rings. The Morgan fingerprint density at radius 3 is 2.87 bits per heavy atom. The first kappa shape index (κ1) is 11.5. The van der Waals surface area contributed by atoms with Crippen molar-refractivity contribution in [3.05, 3.63) is 33.8 Å². The summed E-state index contributed by atoms with van der Waals surface area (Å²) >= 11 is 5.33. The number of thioether (sulfide) groups is 1. The maximum absolute atomic E-state index is 10.5. The highest BCUT2D eigenvalue weighted by Crippen LogP contribution is 2.36. The number of aryl methyl sites for hydroxylation is 1. The standard InChI is InChI=1S/C12H15BrOS/c1-9-7-10(3-4-11(9)13)12(14)5-2-6-15-8-12/h3-4,7,14H,2,5-6,8H2,1H3/t12-/m0/s1. The van der Waals surface area contributed by atoms with Gasteiger partial charge in [-0.25, -0.2) is 0 Å². The van der Waals surface area contributed by atoms with Crippen LogP contribution in [0.2, 0.25) is 0 Å². The molecule has 0 aliphatic carbocycles. The second-order valence-corrected chi connectivity index (χ2v) is 6.11. The predicted octanol–water partition coefficient (Wildman–Crippen LogP) is 3.47. The van der Waals surface area contributed by atoms with E-state index in [1.54, 1.807) is 0 Å². The quantitative estimate of drug-likeness (QED) is 0.853. The molecule has 0 aromatic heterocycles. The van der Waals surface area contributed by atoms with Crippen LogP contribution in [0.4, 0.5) is 0 Å². The van der Waals surface area contributed by atoms with E-state index in [1.165, 1.54) is 11.3 Å². The van der Waals surface area contributed by atoms with Gasteiger partial charge < -0.3 is 5.11 Å². The fourth-order valence-corrected chi connectivity index (χ4v) is 3.33. The molecule has 0 amide bonds. The van der Waals surface area contributed by atoms with Gasteiger partial charge in [0.1, 0.15) is 0 Å². The summed E-state index contributed by atoms with van der Waals surface area (Å²) < 4.78 is 1.11. The molecule has 3 heteroatoms. The lowest BCUT2D eigenvalue weighted by Crippen LogP contribution is -2.31. The van der Waals surface area contributed by atoms with Crippen LogP contribution >= 0.6 is 27.7 Å². The Morgan fingerprint density at radius 1 is 1.47 bits per heavy atom. The van der Waals surface area contributed by atoms with Crippen LogP contribution in [0.5, 0.6) is 0 Å². The lowest BCUT2D eigenvalue weighted by molar-refractivity contribution is 0.0495. The van der Waals surface area contributed by atoms with Crippen molar-refractivity contribution in [2.24, 2.45) is 0 Å². The molecule has 0 unspecified atom stereocenters. The van der Waals surface area contributed by atoms with Crippen LogP contribution in [0.1, 0.15) is 24.0 Å². The minimum absolute atomic E-state index is 0.603. The first-order valence-corrected chi connectivity index (χ1v) is 7.13. The predicted molar refractivity (Wildman–Crippen MR) is 69.3 cm³/mol. The lowest BCUT2D eigenvalue weighted by atomic mass is 9.90. The number of aliphatic hydroxyl groups is 1. The van der Waals surface area contributed by atoms with Gasteiger partial charge in [-0.2, -0.15) is 11.8 Å². The second kappa shape index (κ2) is 4.48. The molecule has 1 aromatic carbocycles. The number of benzene rings is 1. The summed E-state index contributed by atoms with van der Waals surface area (Å²) in [6, 6.07) is 6.15. The fourth-order valence-electron chi connectivity index (χ4n) is 1.94. The smallest absolute Gasteiger partial charge is 0.0986 e. The maximum atomic E-state index is 10.5. The Bertz CT molecular complexity index is 359. The van der Waals surface area contributed by atoms with Gasteiger partial charge in [0.05, 0.1) is 5.60 Å². The molecular weight excluding hydrogens is 272 g/mol. The molecule has 1 aliphatic heterocycles. The van der Waals surface area contributed by atoms with E-state index in [4.69, 9.17) is 0 Å². The van der Waals surface area contributed by atoms with Crippen LogP contribution in [0, 0.1) is 6.92 Å². The van der Waals surface area contributed by atoms with Crippen molar-refractivity contribution in [3.63, 3.8) is 0 Å². The average Bonchev–Trinajstić information content (AvgIpc) is 2.23. The highest BCUT2D eigenvalue weighted by molar-refractivity contribution is 9.10. The van der Waals surface area contributed by atoms with Gasteiger partial charge in [-0.15, -0.1) is 0 Å². The van der Waals surface area contributed by atoms with Crippen LogP contribution in [-0.2, 0) is 5.60 Å². The second-order valence-electron chi connectivity index (χ2n) is 4.15. The molecule has 0 bridgehead atoms. The Balaban J connectivity index is 2.31. The molecule has 1 N–H and O–H groups in total. The molecule has 2 rings (SSSR count). The van der Waals surface area contributed by atoms with Crippen LogP contribution in [0.15, 0.2) is 22.7 Å². The number of rotatable bonds is 1. The van der Waals surface area contributed by atoms with E-state index < -0.39 is 5.60 Å². The first-order valence-electron chi connectivity index (χ1n) is 5.19. The van der Waals surface area contributed by atoms with Crippen molar-refractivity contribution in [2.45, 2.75) is 25.4 Å². The summed E-state index contributed by atoms with van der Waals surface area (Å²) in [5.41, 5.74) is 1.65. The van der Waals surface area contributed by atoms with Gasteiger partial charge in [-0.3, -0.25) is 0 Å². The van der Waals surface area contributed by atoms with Crippen molar-refractivity contribution in [1.82, 2.24) is 0 Å². The van der Waals surface area contributed by atoms with Gasteiger partial charge in [0.2, 0.25) is 0 Å². The summed E-state index contributed by atoms with van der Waals surface area (Å²) in [5.74, 6) is 2.01. The molecule has 1 heterocycles. The number of hydrogen-bond acceptors (Lipinski definition) is 2. The molecule has 1 nitrogen and oxygen atoms in total. The van der Waals surface area contributed by atoms with Gasteiger partial charge in [0.15, 0.2) is 0 Å². The van der Waals surface area contributed by atoms with Gasteiger partial charge >= 0.3 is 0 Å². The lowest BCUT2D eigenvalue weighted by Gasteiger charge is -2.32. The Hall–Kier alpha value is 0.01000. The molecule has 1 saturated heterocycles. The van der Waals surface area contributed by atoms with Crippen molar-refractivity contribution >= 4 is 27.7 Å². The summed E-state index contributed by atoms with van der Waals surface area (Å²) in [4.78, 5) is 0. The third kappa shape index (κ3) is 2.40. The third-order valence-corrected chi connectivity index (χ3v) is 5.06. The normalized spacial score (nSPS) is 26.6. The van der Waals surface area contributed by atoms with Gasteiger partial charge in [0.25, 0.3) is 0 Å². The van der Waals surface area contributed by atoms with E-state index >= 15 is 0 Å². The van der Waals surface area contributed by atoms with E-state index in [2.05, 4.69) is 28.9 Å². The molecule has 15 heavy (non-hydrogen) atoms. The minimum atomic E-state index is -0.603. The van der Waals surface area contributed by atoms with Crippen molar-refractivity contribution in [3.8, 4) is 0 Å². The topological polar surface area (TPSA) is 20.2 Å². The summed E-state index contributed by atoms with van der Waals surface area (Å²) in [7, 11) is 0. The molecule has 0 saturated carbocycles. The van der Waals surface area contributed by atoms with E-state index in [9.17, 15) is 5.11 Å². The molecule has 1 atom stereocenters. The Kier molecular flexibility index (Phi) is 3.43. The van der Waals surface area contributed by atoms with E-state index in [1.807, 2.05) is 23.9 Å². The molecule has 82 valence electrons. The summed E-state index contributed by atoms with van der Waals surface area (Å²) in [6.45, 7) is 2.06. The highest BCUT2D eigenvalue weighted by Gasteiger charge is 2.31. The summed E-state index contributed by atoms with van der Waals surface area (Å²) in [5, 5.41) is 10.5. The Labute approximate surface area is 103 Å². The first-order chi connectivity index (χ1) is 7.12. The fraction of sp³-hybridized carbons (Fsp3) is 0.500. The van der Waals surface area contributed by atoms with Gasteiger partial charge in [0, 0.05) is 10.2 Å². The molecule has 0 spiro atoms. The molecular formula is C12H15BrOS. The van der Waals surface area contributed by atoms with Crippen LogP contribution in [0.25, 0.3) is 0 Å². The monoisotopic (exact) mass is 286 g/mol. The number of halogens is 1. The van der Waals surface area contributed by atoms with E-state index in [0.29, 0.717) is 0 Å². The van der Waals surface area contributed by atoms with E-state index in [-0.39, 0.29) is 0 Å². The van der Waals surface area contributed by atoms with Gasteiger partial charge in [-0.1, -0.05) is 28.1 Å². The van der Waals surface area contributed by atoms with E-state index in [0.717, 1.165) is 28.6 Å². The highest BCUT2D eigenvalue weighted by atomic mass is 79.9. The average molecular weight is 287 g/mol. The minimum Gasteiger partial charge on any atom is -0.384 e. The van der Waals surface area contributed by atoms with Crippen molar-refractivity contribution < 1.29 is 5.11 Å². The largest absolute Gasteiger partial charge is 0.384 e. The zero-order valence-electron chi connectivity index (χ0n) is 8.79. The third-order valence-electron chi connectivity index (χ3n) is 2.92. The Morgan fingerprint density at radius 2 is 2.27 bits per heavy atom. The zero-order valence-corrected chi connectivity index (χ0v) is 11.2. The number of hydrogen-bond donors (Lipinski definition) is 1. The van der Waals surface area contributed by atoms with Crippen molar-refractivity contribution in [1.29, 1.82) is 0 Å². The molecule has 1 fully saturated rings. The van der Waals surface area contributed by atoms with Gasteiger partial charge in [-0.05, 0) is 42.7 Å².